The van der Waals surface area contributed by atoms with Crippen LogP contribution >= 0.6 is 0 Å². The standard InChI is InChI=1S/C18H26N6O2/c1-3-4-15(23-9-7-22(2)8-10-23)18-19-20-21-24(18)12-14-5-6-16-17(11-14)26-13-25-16/h5-6,11,15H,3-4,7-10,12-13H2,1-2H3/p+2/t15-/m0/s1. The van der Waals surface area contributed by atoms with E-state index in [0.29, 0.717) is 19.4 Å². The molecule has 3 heterocycles. The average Bonchev–Trinajstić information content (AvgIpc) is 3.29. The van der Waals surface area contributed by atoms with Crippen LogP contribution in [0.3, 0.4) is 0 Å². The second-order valence-corrected chi connectivity index (χ2v) is 7.34. The second kappa shape index (κ2) is 7.59. The smallest absolute Gasteiger partial charge is 0.231 e. The molecule has 26 heavy (non-hydrogen) atoms. The Balaban J connectivity index is 1.54. The molecule has 2 aliphatic heterocycles. The number of nitrogens with one attached hydrogen (secondary N) is 2. The molecule has 1 saturated heterocycles. The van der Waals surface area contributed by atoms with Gasteiger partial charge in [-0.1, -0.05) is 19.4 Å². The molecule has 140 valence electrons. The van der Waals surface area contributed by atoms with E-state index < -0.39 is 0 Å². The fraction of sp³-hybridized carbons (Fsp3) is 0.611. The van der Waals surface area contributed by atoms with Crippen molar-refractivity contribution in [3.63, 3.8) is 0 Å². The van der Waals surface area contributed by atoms with E-state index in [4.69, 9.17) is 9.47 Å². The topological polar surface area (TPSA) is 70.9 Å². The SMILES string of the molecule is CCC[C@@H](c1nnnn1Cc1ccc2c(c1)OCO2)[NH+]1CC[NH+](C)CC1. The van der Waals surface area contributed by atoms with Crippen LogP contribution in [0.5, 0.6) is 11.5 Å². The molecule has 0 aliphatic carbocycles. The molecule has 4 rings (SSSR count). The van der Waals surface area contributed by atoms with Gasteiger partial charge in [-0.15, -0.1) is 5.10 Å². The maximum Gasteiger partial charge on any atom is 0.231 e. The Bertz CT molecular complexity index is 741. The van der Waals surface area contributed by atoms with Crippen LogP contribution < -0.4 is 19.3 Å². The van der Waals surface area contributed by atoms with E-state index in [9.17, 15) is 0 Å². The van der Waals surface area contributed by atoms with Crippen LogP contribution in [-0.2, 0) is 6.54 Å². The van der Waals surface area contributed by atoms with Crippen molar-refractivity contribution in [1.29, 1.82) is 0 Å². The van der Waals surface area contributed by atoms with Crippen molar-refractivity contribution in [2.24, 2.45) is 0 Å². The van der Waals surface area contributed by atoms with E-state index in [2.05, 4.69) is 35.6 Å². The molecule has 2 aromatic rings. The van der Waals surface area contributed by atoms with Crippen molar-refractivity contribution >= 4 is 0 Å². The number of hydrogen-bond acceptors (Lipinski definition) is 5. The van der Waals surface area contributed by atoms with Crippen LogP contribution in [0.2, 0.25) is 0 Å². The van der Waals surface area contributed by atoms with Crippen molar-refractivity contribution < 1.29 is 19.3 Å². The predicted octanol–water partition coefficient (Wildman–Crippen LogP) is -1.30. The Morgan fingerprint density at radius 2 is 1.96 bits per heavy atom. The first kappa shape index (κ1) is 17.2. The zero-order chi connectivity index (χ0) is 17.9. The lowest BCUT2D eigenvalue weighted by molar-refractivity contribution is -1.02. The number of likely N-dealkylation sites (N-methyl/N-ethyl adjacent to an activating group) is 1. The van der Waals surface area contributed by atoms with Gasteiger partial charge in [0.1, 0.15) is 32.2 Å². The van der Waals surface area contributed by atoms with Crippen LogP contribution in [0, 0.1) is 0 Å². The monoisotopic (exact) mass is 360 g/mol. The van der Waals surface area contributed by atoms with E-state index >= 15 is 0 Å². The number of tetrazole rings is 1. The summed E-state index contributed by atoms with van der Waals surface area (Å²) >= 11 is 0. The normalized spacial score (nSPS) is 23.2. The minimum atomic E-state index is 0.294. The molecule has 0 radical (unpaired) electrons. The van der Waals surface area contributed by atoms with Gasteiger partial charge >= 0.3 is 0 Å². The molecule has 1 atom stereocenters. The highest BCUT2D eigenvalue weighted by Gasteiger charge is 2.32. The maximum atomic E-state index is 5.49. The molecule has 0 unspecified atom stereocenters. The molecular weight excluding hydrogens is 332 g/mol. The molecule has 0 saturated carbocycles. The lowest BCUT2D eigenvalue weighted by atomic mass is 10.1. The number of aromatic nitrogens is 4. The minimum Gasteiger partial charge on any atom is -0.454 e. The summed E-state index contributed by atoms with van der Waals surface area (Å²) < 4.78 is 12.8. The number of ether oxygens (including phenoxy) is 2. The van der Waals surface area contributed by atoms with Crippen LogP contribution in [0.1, 0.15) is 37.2 Å². The Morgan fingerprint density at radius 3 is 2.77 bits per heavy atom. The number of piperazine rings is 1. The number of quaternary nitrogens is 2. The molecular formula is C18H28N6O2+2. The van der Waals surface area contributed by atoms with Crippen LogP contribution in [-0.4, -0.2) is 60.2 Å². The molecule has 0 spiro atoms. The van der Waals surface area contributed by atoms with Crippen molar-refractivity contribution in [3.8, 4) is 11.5 Å². The van der Waals surface area contributed by atoms with Gasteiger partial charge in [0, 0.05) is 6.42 Å². The summed E-state index contributed by atoms with van der Waals surface area (Å²) in [6, 6.07) is 6.39. The first-order chi connectivity index (χ1) is 12.7. The van der Waals surface area contributed by atoms with E-state index in [-0.39, 0.29) is 0 Å². The summed E-state index contributed by atoms with van der Waals surface area (Å²) in [6.07, 6.45) is 2.24. The second-order valence-electron chi connectivity index (χ2n) is 7.34. The van der Waals surface area contributed by atoms with Gasteiger partial charge in [0.25, 0.3) is 0 Å². The summed E-state index contributed by atoms with van der Waals surface area (Å²) in [5, 5.41) is 12.7. The van der Waals surface area contributed by atoms with Crippen molar-refractivity contribution in [2.75, 3.05) is 40.0 Å². The highest BCUT2D eigenvalue weighted by Crippen LogP contribution is 2.32. The Morgan fingerprint density at radius 1 is 1.15 bits per heavy atom. The summed E-state index contributed by atoms with van der Waals surface area (Å²) in [6.45, 7) is 7.94. The van der Waals surface area contributed by atoms with Crippen LogP contribution in [0.25, 0.3) is 0 Å². The minimum absolute atomic E-state index is 0.294. The Labute approximate surface area is 153 Å². The Hall–Kier alpha value is -2.19. The van der Waals surface area contributed by atoms with Gasteiger partial charge in [-0.3, -0.25) is 0 Å². The predicted molar refractivity (Wildman–Crippen MR) is 94.5 cm³/mol. The molecule has 1 aromatic carbocycles. The number of rotatable bonds is 6. The van der Waals surface area contributed by atoms with Gasteiger partial charge in [0.05, 0.1) is 13.6 Å². The molecule has 8 nitrogen and oxygen atoms in total. The lowest BCUT2D eigenvalue weighted by Gasteiger charge is -2.32. The third-order valence-corrected chi connectivity index (χ3v) is 5.46. The molecule has 8 heteroatoms. The quantitative estimate of drug-likeness (QED) is 0.671. The lowest BCUT2D eigenvalue weighted by Crippen LogP contribution is -3.27. The van der Waals surface area contributed by atoms with Gasteiger partial charge in [-0.25, -0.2) is 4.68 Å². The number of fused-ring (bicyclic) bond motifs is 1. The average molecular weight is 360 g/mol. The Kier molecular flexibility index (Phi) is 5.03. The third kappa shape index (κ3) is 3.52. The molecule has 2 aliphatic rings. The van der Waals surface area contributed by atoms with Crippen LogP contribution in [0.15, 0.2) is 18.2 Å². The van der Waals surface area contributed by atoms with Gasteiger partial charge in [-0.05, 0) is 28.1 Å². The van der Waals surface area contributed by atoms with Crippen molar-refractivity contribution in [3.05, 3.63) is 29.6 Å². The zero-order valence-corrected chi connectivity index (χ0v) is 15.6. The van der Waals surface area contributed by atoms with Gasteiger partial charge in [0.2, 0.25) is 12.6 Å². The molecule has 2 N–H and O–H groups in total. The molecule has 0 amide bonds. The largest absolute Gasteiger partial charge is 0.454 e. The summed E-state index contributed by atoms with van der Waals surface area (Å²) in [5.74, 6) is 2.60. The molecule has 0 bridgehead atoms. The van der Waals surface area contributed by atoms with Crippen molar-refractivity contribution in [2.45, 2.75) is 32.4 Å². The highest BCUT2D eigenvalue weighted by atomic mass is 16.7. The summed E-state index contributed by atoms with van der Waals surface area (Å²) in [4.78, 5) is 3.23. The number of benzene rings is 1. The molecule has 1 fully saturated rings. The van der Waals surface area contributed by atoms with Gasteiger partial charge in [0.15, 0.2) is 11.5 Å². The summed E-state index contributed by atoms with van der Waals surface area (Å²) in [5.41, 5.74) is 1.12. The summed E-state index contributed by atoms with van der Waals surface area (Å²) in [7, 11) is 2.27. The maximum absolute atomic E-state index is 5.49. The van der Waals surface area contributed by atoms with Gasteiger partial charge in [-0.2, -0.15) is 0 Å². The highest BCUT2D eigenvalue weighted by molar-refractivity contribution is 5.44. The van der Waals surface area contributed by atoms with Crippen LogP contribution in [0.4, 0.5) is 0 Å². The van der Waals surface area contributed by atoms with E-state index in [1.165, 1.54) is 26.2 Å². The molecule has 1 aromatic heterocycles. The van der Waals surface area contributed by atoms with Crippen molar-refractivity contribution in [1.82, 2.24) is 20.2 Å². The number of hydrogen-bond donors (Lipinski definition) is 2. The fourth-order valence-electron chi connectivity index (χ4n) is 3.94. The fourth-order valence-corrected chi connectivity index (χ4v) is 3.94. The van der Waals surface area contributed by atoms with Gasteiger partial charge < -0.3 is 19.3 Å². The number of nitrogens with zero attached hydrogens (tertiary/aromatic N) is 4. The zero-order valence-electron chi connectivity index (χ0n) is 15.6. The third-order valence-electron chi connectivity index (χ3n) is 5.46. The first-order valence-electron chi connectivity index (χ1n) is 9.55. The first-order valence-corrected chi connectivity index (χ1v) is 9.55. The van der Waals surface area contributed by atoms with E-state index in [1.807, 2.05) is 16.8 Å². The van der Waals surface area contributed by atoms with E-state index in [0.717, 1.165) is 35.7 Å². The van der Waals surface area contributed by atoms with E-state index in [1.54, 1.807) is 9.80 Å².